The number of aromatic nitrogens is 1. The first kappa shape index (κ1) is 15.3. The lowest BCUT2D eigenvalue weighted by Gasteiger charge is -2.28. The zero-order valence-electron chi connectivity index (χ0n) is 11.8. The molecule has 3 rings (SSSR count). The summed E-state index contributed by atoms with van der Waals surface area (Å²) in [5, 5.41) is 9.21. The number of sulfonamides is 1. The van der Waals surface area contributed by atoms with Crippen LogP contribution in [0.2, 0.25) is 5.02 Å². The predicted octanol–water partition coefficient (Wildman–Crippen LogP) is 2.87. The number of primary sulfonamides is 1. The number of anilines is 1. The molecule has 0 unspecified atom stereocenters. The Morgan fingerprint density at radius 2 is 2.14 bits per heavy atom. The average Bonchev–Trinajstić information content (AvgIpc) is 2.47. The smallest absolute Gasteiger partial charge is 0.241 e. The van der Waals surface area contributed by atoms with E-state index < -0.39 is 10.0 Å². The number of rotatable bonds is 3. The van der Waals surface area contributed by atoms with Crippen LogP contribution in [0, 0.1) is 0 Å². The number of nitrogens with two attached hydrogens (primary N) is 1. The van der Waals surface area contributed by atoms with Crippen LogP contribution in [-0.4, -0.2) is 13.4 Å². The third kappa shape index (κ3) is 3.09. The number of aryl methyl sites for hydroxylation is 1. The van der Waals surface area contributed by atoms with Gasteiger partial charge in [0.25, 0.3) is 0 Å². The van der Waals surface area contributed by atoms with Gasteiger partial charge in [-0.05, 0) is 48.6 Å². The van der Waals surface area contributed by atoms with Crippen LogP contribution >= 0.6 is 11.6 Å². The van der Waals surface area contributed by atoms with Gasteiger partial charge < -0.3 is 5.32 Å². The van der Waals surface area contributed by atoms with Crippen LogP contribution in [0.25, 0.3) is 0 Å². The van der Waals surface area contributed by atoms with Crippen LogP contribution < -0.4 is 10.5 Å². The Hall–Kier alpha value is -1.63. The molecule has 0 amide bonds. The number of fused-ring (bicyclic) bond motifs is 1. The molecular weight excluding hydrogens is 322 g/mol. The molecule has 0 radical (unpaired) electrons. The zero-order valence-corrected chi connectivity index (χ0v) is 13.4. The second-order valence-electron chi connectivity index (χ2n) is 5.35. The summed E-state index contributed by atoms with van der Waals surface area (Å²) >= 11 is 6.10. The van der Waals surface area contributed by atoms with E-state index in [1.807, 2.05) is 18.2 Å². The Bertz CT molecular complexity index is 808. The number of hydrogen-bond donors (Lipinski definition) is 2. The van der Waals surface area contributed by atoms with Crippen molar-refractivity contribution in [2.45, 2.75) is 30.2 Å². The van der Waals surface area contributed by atoms with Gasteiger partial charge in [-0.3, -0.25) is 4.98 Å². The van der Waals surface area contributed by atoms with Gasteiger partial charge in [0.05, 0.1) is 11.7 Å². The van der Waals surface area contributed by atoms with Crippen LogP contribution in [0.1, 0.15) is 30.0 Å². The van der Waals surface area contributed by atoms with Crippen LogP contribution in [0.5, 0.6) is 0 Å². The number of nitrogens with zero attached hydrogens (tertiary/aromatic N) is 1. The molecule has 1 aliphatic rings. The Morgan fingerprint density at radius 1 is 1.32 bits per heavy atom. The maximum atomic E-state index is 11.7. The minimum atomic E-state index is -3.82. The van der Waals surface area contributed by atoms with E-state index >= 15 is 0 Å². The number of nitrogens with one attached hydrogen (secondary N) is 1. The van der Waals surface area contributed by atoms with Crippen molar-refractivity contribution in [1.82, 2.24) is 4.98 Å². The van der Waals surface area contributed by atoms with Crippen molar-refractivity contribution in [3.8, 4) is 0 Å². The summed E-state index contributed by atoms with van der Waals surface area (Å²) in [6.45, 7) is 0. The van der Waals surface area contributed by atoms with Gasteiger partial charge in [0.2, 0.25) is 10.0 Å². The van der Waals surface area contributed by atoms with Crippen LogP contribution in [-0.2, 0) is 16.4 Å². The summed E-state index contributed by atoms with van der Waals surface area (Å²) in [5.41, 5.74) is 2.81. The Balaban J connectivity index is 1.98. The zero-order chi connectivity index (χ0) is 15.7. The molecule has 1 aliphatic carbocycles. The van der Waals surface area contributed by atoms with E-state index in [-0.39, 0.29) is 10.9 Å². The fraction of sp³-hybridized carbons (Fsp3) is 0.267. The van der Waals surface area contributed by atoms with Gasteiger partial charge in [0.1, 0.15) is 4.90 Å². The molecule has 0 spiro atoms. The van der Waals surface area contributed by atoms with E-state index in [0.717, 1.165) is 24.8 Å². The van der Waals surface area contributed by atoms with Crippen LogP contribution in [0.4, 0.5) is 5.69 Å². The van der Waals surface area contributed by atoms with Crippen molar-refractivity contribution in [2.24, 2.45) is 5.14 Å². The van der Waals surface area contributed by atoms with Crippen molar-refractivity contribution >= 4 is 27.3 Å². The molecule has 3 N–H and O–H groups in total. The Labute approximate surface area is 134 Å². The van der Waals surface area contributed by atoms with Crippen molar-refractivity contribution in [3.05, 3.63) is 52.8 Å². The molecule has 1 heterocycles. The van der Waals surface area contributed by atoms with Crippen molar-refractivity contribution < 1.29 is 8.42 Å². The topological polar surface area (TPSA) is 85.1 Å². The quantitative estimate of drug-likeness (QED) is 0.901. The summed E-state index contributed by atoms with van der Waals surface area (Å²) in [4.78, 5) is 3.85. The van der Waals surface area contributed by atoms with E-state index in [2.05, 4.69) is 10.3 Å². The summed E-state index contributed by atoms with van der Waals surface area (Å²) < 4.78 is 23.3. The lowest BCUT2D eigenvalue weighted by Crippen LogP contribution is -2.20. The van der Waals surface area contributed by atoms with E-state index in [4.69, 9.17) is 16.7 Å². The highest BCUT2D eigenvalue weighted by molar-refractivity contribution is 7.89. The largest absolute Gasteiger partial charge is 0.377 e. The Morgan fingerprint density at radius 3 is 2.91 bits per heavy atom. The lowest BCUT2D eigenvalue weighted by atomic mass is 9.87. The SMILES string of the molecule is NS(=O)(=O)c1cnccc1N[C@@H]1CCCc2ccc(Cl)cc21. The first-order chi connectivity index (χ1) is 10.4. The van der Waals surface area contributed by atoms with E-state index in [9.17, 15) is 8.42 Å². The predicted molar refractivity (Wildman–Crippen MR) is 86.4 cm³/mol. The molecular formula is C15H16ClN3O2S. The lowest BCUT2D eigenvalue weighted by molar-refractivity contribution is 0.591. The van der Waals surface area contributed by atoms with E-state index in [1.54, 1.807) is 12.3 Å². The standard InChI is InChI=1S/C15H16ClN3O2S/c16-11-5-4-10-2-1-3-13(12(10)8-11)19-14-6-7-18-9-15(14)22(17,20)21/h4-9,13H,1-3H2,(H,18,19)(H2,17,20,21)/t13-/m1/s1. The molecule has 1 aromatic heterocycles. The molecule has 1 atom stereocenters. The second kappa shape index (κ2) is 5.87. The van der Waals surface area contributed by atoms with Gasteiger partial charge in [0, 0.05) is 17.4 Å². The molecule has 5 nitrogen and oxygen atoms in total. The van der Waals surface area contributed by atoms with Crippen LogP contribution in [0.3, 0.4) is 0 Å². The van der Waals surface area contributed by atoms with Gasteiger partial charge in [-0.1, -0.05) is 17.7 Å². The minimum Gasteiger partial charge on any atom is -0.377 e. The molecule has 0 saturated heterocycles. The number of hydrogen-bond acceptors (Lipinski definition) is 4. The summed E-state index contributed by atoms with van der Waals surface area (Å²) in [7, 11) is -3.82. The minimum absolute atomic E-state index is 0.00384. The van der Waals surface area contributed by atoms with Gasteiger partial charge in [-0.2, -0.15) is 0 Å². The Kier molecular flexibility index (Phi) is 4.08. The number of pyridine rings is 1. The first-order valence-electron chi connectivity index (χ1n) is 6.97. The summed E-state index contributed by atoms with van der Waals surface area (Å²) in [6, 6.07) is 7.47. The second-order valence-corrected chi connectivity index (χ2v) is 7.32. The maximum absolute atomic E-state index is 11.7. The molecule has 0 bridgehead atoms. The highest BCUT2D eigenvalue weighted by Crippen LogP contribution is 2.35. The van der Waals surface area contributed by atoms with Gasteiger partial charge in [-0.25, -0.2) is 13.6 Å². The van der Waals surface area contributed by atoms with Crippen LogP contribution in [0.15, 0.2) is 41.6 Å². The van der Waals surface area contributed by atoms with E-state index in [0.29, 0.717) is 10.7 Å². The van der Waals surface area contributed by atoms with Crippen molar-refractivity contribution in [1.29, 1.82) is 0 Å². The highest BCUT2D eigenvalue weighted by Gasteiger charge is 2.23. The third-order valence-electron chi connectivity index (χ3n) is 3.84. The highest BCUT2D eigenvalue weighted by atomic mass is 35.5. The number of halogens is 1. The molecule has 116 valence electrons. The first-order valence-corrected chi connectivity index (χ1v) is 8.89. The van der Waals surface area contributed by atoms with Gasteiger partial charge in [-0.15, -0.1) is 0 Å². The molecule has 0 saturated carbocycles. The molecule has 0 fully saturated rings. The molecule has 22 heavy (non-hydrogen) atoms. The summed E-state index contributed by atoms with van der Waals surface area (Å²) in [5.74, 6) is 0. The molecule has 2 aromatic rings. The third-order valence-corrected chi connectivity index (χ3v) is 5.02. The average molecular weight is 338 g/mol. The van der Waals surface area contributed by atoms with Gasteiger partial charge >= 0.3 is 0 Å². The molecule has 1 aromatic carbocycles. The monoisotopic (exact) mass is 337 g/mol. The normalized spacial score (nSPS) is 17.8. The number of benzene rings is 1. The van der Waals surface area contributed by atoms with Gasteiger partial charge in [0.15, 0.2) is 0 Å². The summed E-state index contributed by atoms with van der Waals surface area (Å²) in [6.07, 6.45) is 5.74. The van der Waals surface area contributed by atoms with Crippen molar-refractivity contribution in [3.63, 3.8) is 0 Å². The molecule has 7 heteroatoms. The fourth-order valence-corrected chi connectivity index (χ4v) is 3.66. The van der Waals surface area contributed by atoms with Crippen molar-refractivity contribution in [2.75, 3.05) is 5.32 Å². The van der Waals surface area contributed by atoms with E-state index in [1.165, 1.54) is 11.8 Å². The fourth-order valence-electron chi connectivity index (χ4n) is 2.83. The maximum Gasteiger partial charge on any atom is 0.241 e. The molecule has 0 aliphatic heterocycles.